The lowest BCUT2D eigenvalue weighted by Crippen LogP contribution is -2.48. The summed E-state index contributed by atoms with van der Waals surface area (Å²) in [5, 5.41) is 4.75. The molecule has 0 saturated heterocycles. The smallest absolute Gasteiger partial charge is 0.118 e. The lowest BCUT2D eigenvalue weighted by molar-refractivity contribution is -0.0693. The van der Waals surface area contributed by atoms with E-state index in [9.17, 15) is 0 Å². The molecule has 5 saturated carbocycles. The molecule has 0 bridgehead atoms. The van der Waals surface area contributed by atoms with Crippen LogP contribution in [0.2, 0.25) is 0 Å². The van der Waals surface area contributed by atoms with E-state index in [1.165, 1.54) is 6.42 Å². The highest BCUT2D eigenvalue weighted by atomic mass is 15.6. The van der Waals surface area contributed by atoms with Crippen molar-refractivity contribution in [3.63, 3.8) is 0 Å². The number of nitrogens with zero attached hydrogens (tertiary/aromatic N) is 2. The van der Waals surface area contributed by atoms with Crippen LogP contribution >= 0.6 is 0 Å². The maximum absolute atomic E-state index is 5.12. The van der Waals surface area contributed by atoms with Crippen LogP contribution in [0.25, 0.3) is 0 Å². The first kappa shape index (κ1) is 21.5. The molecule has 5 rings (SSSR count). The van der Waals surface area contributed by atoms with Crippen LogP contribution in [-0.4, -0.2) is 18.0 Å². The minimum absolute atomic E-state index is 0.463. The maximum Gasteiger partial charge on any atom is 0.118 e. The van der Waals surface area contributed by atoms with E-state index < -0.39 is 0 Å². The van der Waals surface area contributed by atoms with Gasteiger partial charge in [0.05, 0.1) is 0 Å². The third kappa shape index (κ3) is 4.34. The minimum atomic E-state index is 0.463. The predicted molar refractivity (Wildman–Crippen MR) is 122 cm³/mol. The number of hydrazine groups is 1. The summed E-state index contributed by atoms with van der Waals surface area (Å²) in [7, 11) is 1.61. The van der Waals surface area contributed by atoms with Crippen LogP contribution in [0.5, 0.6) is 0 Å². The largest absolute Gasteiger partial charge is 0.386 e. The van der Waals surface area contributed by atoms with E-state index in [-0.39, 0.29) is 0 Å². The molecule has 4 heteroatoms. The molecule has 0 amide bonds. The summed E-state index contributed by atoms with van der Waals surface area (Å²) in [6.45, 7) is 6.92. The average molecular weight is 403 g/mol. The minimum Gasteiger partial charge on any atom is -0.386 e. The predicted octanol–water partition coefficient (Wildman–Crippen LogP) is 5.39. The van der Waals surface area contributed by atoms with Gasteiger partial charge < -0.3 is 5.73 Å². The molecule has 4 nitrogen and oxygen atoms in total. The Hall–Kier alpha value is -0.770. The van der Waals surface area contributed by atoms with Crippen molar-refractivity contribution in [3.05, 3.63) is 0 Å². The van der Waals surface area contributed by atoms with E-state index in [4.69, 9.17) is 11.6 Å². The Labute approximate surface area is 179 Å². The molecule has 8 unspecified atom stereocenters. The summed E-state index contributed by atoms with van der Waals surface area (Å²) in [5.74, 6) is 14.5. The zero-order valence-electron chi connectivity index (χ0n) is 19.4. The van der Waals surface area contributed by atoms with Gasteiger partial charge in [-0.2, -0.15) is 0 Å². The number of amidine groups is 1. The molecule has 0 aromatic carbocycles. The molecule has 5 fully saturated rings. The second kappa shape index (κ2) is 8.40. The van der Waals surface area contributed by atoms with Gasteiger partial charge in [-0.3, -0.25) is 0 Å². The Morgan fingerprint density at radius 1 is 0.862 bits per heavy atom. The van der Waals surface area contributed by atoms with E-state index >= 15 is 0 Å². The summed E-state index contributed by atoms with van der Waals surface area (Å²) in [4.78, 5) is 0. The van der Waals surface area contributed by atoms with Gasteiger partial charge in [-0.25, -0.2) is 11.0 Å². The number of hydrogen-bond donors (Lipinski definition) is 2. The summed E-state index contributed by atoms with van der Waals surface area (Å²) >= 11 is 0. The van der Waals surface area contributed by atoms with Gasteiger partial charge >= 0.3 is 0 Å². The Bertz CT molecular complexity index is 594. The lowest BCUT2D eigenvalue weighted by atomic mass is 9.49. The third-order valence-electron chi connectivity index (χ3n) is 9.80. The van der Waals surface area contributed by atoms with Crippen molar-refractivity contribution >= 4 is 5.84 Å². The molecule has 0 radical (unpaired) electrons. The van der Waals surface area contributed by atoms with Gasteiger partial charge in [0, 0.05) is 7.05 Å². The quantitative estimate of drug-likeness (QED) is 0.282. The van der Waals surface area contributed by atoms with E-state index in [1.54, 1.807) is 78.2 Å². The summed E-state index contributed by atoms with van der Waals surface area (Å²) < 4.78 is 0. The zero-order valence-corrected chi connectivity index (χ0v) is 19.4. The molecule has 8 atom stereocenters. The van der Waals surface area contributed by atoms with E-state index in [0.717, 1.165) is 57.9 Å². The highest BCUT2D eigenvalue weighted by Gasteiger charge is 2.59. The van der Waals surface area contributed by atoms with Crippen molar-refractivity contribution in [3.8, 4) is 0 Å². The number of rotatable bonds is 2. The van der Waals surface area contributed by atoms with Crippen LogP contribution in [0.1, 0.15) is 91.4 Å². The molecule has 29 heavy (non-hydrogen) atoms. The van der Waals surface area contributed by atoms with Gasteiger partial charge in [0.1, 0.15) is 5.84 Å². The van der Waals surface area contributed by atoms with E-state index in [1.807, 2.05) is 0 Å². The fourth-order valence-electron chi connectivity index (χ4n) is 8.65. The molecule has 5 aliphatic carbocycles. The molecule has 0 heterocycles. The first-order valence-electron chi connectivity index (χ1n) is 12.6. The Morgan fingerprint density at radius 3 is 2.14 bits per heavy atom. The third-order valence-corrected chi connectivity index (χ3v) is 9.80. The van der Waals surface area contributed by atoms with Crippen molar-refractivity contribution < 1.29 is 0 Å². The van der Waals surface area contributed by atoms with Crippen molar-refractivity contribution in [2.75, 3.05) is 7.05 Å². The first-order valence-corrected chi connectivity index (χ1v) is 12.6. The second-order valence-corrected chi connectivity index (χ2v) is 11.7. The van der Waals surface area contributed by atoms with Gasteiger partial charge in [0.15, 0.2) is 0 Å². The van der Waals surface area contributed by atoms with Crippen molar-refractivity contribution in [1.29, 1.82) is 0 Å². The normalized spacial score (nSPS) is 46.7. The molecule has 0 spiro atoms. The standard InChI is InChI=1S/C22H36.C3H10N4/c1-14-3-7-17-16(13-14)6-8-19-18(17)11-12-22(2)20(15-4-5-15)9-10-21(19)22;1-3(4)6-7(2)5/h14-21H,3-13H2,1-2H3;5H2,1-2H3,(H2,4,6). The molecular weight excluding hydrogens is 356 g/mol. The number of hydrazone groups is 1. The van der Waals surface area contributed by atoms with Crippen LogP contribution in [0.15, 0.2) is 5.10 Å². The zero-order chi connectivity index (χ0) is 20.8. The fraction of sp³-hybridized carbons (Fsp3) is 0.960. The van der Waals surface area contributed by atoms with Crippen LogP contribution in [0.4, 0.5) is 0 Å². The fourth-order valence-corrected chi connectivity index (χ4v) is 8.65. The second-order valence-electron chi connectivity index (χ2n) is 11.7. The Kier molecular flexibility index (Phi) is 6.22. The van der Waals surface area contributed by atoms with Crippen molar-refractivity contribution in [2.24, 2.45) is 69.4 Å². The highest BCUT2D eigenvalue weighted by Crippen LogP contribution is 2.67. The molecule has 4 N–H and O–H groups in total. The number of hydrogen-bond acceptors (Lipinski definition) is 3. The Morgan fingerprint density at radius 2 is 1.52 bits per heavy atom. The van der Waals surface area contributed by atoms with Gasteiger partial charge in [-0.15, -0.1) is 5.10 Å². The van der Waals surface area contributed by atoms with Gasteiger partial charge in [0.2, 0.25) is 0 Å². The van der Waals surface area contributed by atoms with Crippen LogP contribution in [-0.2, 0) is 0 Å². The maximum atomic E-state index is 5.12. The summed E-state index contributed by atoms with van der Waals surface area (Å²) in [5.41, 5.74) is 5.88. The van der Waals surface area contributed by atoms with Crippen LogP contribution in [0.3, 0.4) is 0 Å². The van der Waals surface area contributed by atoms with Crippen LogP contribution < -0.4 is 11.6 Å². The average Bonchev–Trinajstić information content (AvgIpc) is 3.41. The number of nitrogens with two attached hydrogens (primary N) is 2. The summed E-state index contributed by atoms with van der Waals surface area (Å²) in [6.07, 6.45) is 17.4. The van der Waals surface area contributed by atoms with Crippen LogP contribution in [0, 0.1) is 52.8 Å². The molecule has 166 valence electrons. The van der Waals surface area contributed by atoms with Crippen molar-refractivity contribution in [2.45, 2.75) is 91.4 Å². The topological polar surface area (TPSA) is 67.6 Å². The molecule has 0 aliphatic heterocycles. The van der Waals surface area contributed by atoms with E-state index in [0.29, 0.717) is 5.84 Å². The lowest BCUT2D eigenvalue weighted by Gasteiger charge is -2.56. The Balaban J connectivity index is 0.000000255. The van der Waals surface area contributed by atoms with Gasteiger partial charge in [0.25, 0.3) is 0 Å². The van der Waals surface area contributed by atoms with E-state index in [2.05, 4.69) is 18.9 Å². The molecule has 0 aromatic heterocycles. The molecule has 0 aromatic rings. The molecule has 5 aliphatic rings. The number of fused-ring (bicyclic) bond motifs is 5. The van der Waals surface area contributed by atoms with Crippen molar-refractivity contribution in [1.82, 2.24) is 5.12 Å². The van der Waals surface area contributed by atoms with Gasteiger partial charge in [-0.1, -0.05) is 20.3 Å². The summed E-state index contributed by atoms with van der Waals surface area (Å²) in [6, 6.07) is 0. The van der Waals surface area contributed by atoms with Gasteiger partial charge in [-0.05, 0) is 124 Å². The SMILES string of the molecule is C/C(N)=N/N(C)N.CC1CCC2C(CCC3C2CCC2(C)C(C4CC4)CCC32)C1. The highest BCUT2D eigenvalue weighted by molar-refractivity contribution is 5.76. The monoisotopic (exact) mass is 402 g/mol. The first-order chi connectivity index (χ1) is 13.8. The molecular formula is C25H46N4.